The van der Waals surface area contributed by atoms with Gasteiger partial charge >= 0.3 is 0 Å². The van der Waals surface area contributed by atoms with Gasteiger partial charge in [-0.1, -0.05) is 24.6 Å². The second-order valence-corrected chi connectivity index (χ2v) is 6.17. The van der Waals surface area contributed by atoms with E-state index in [0.717, 1.165) is 11.1 Å². The van der Waals surface area contributed by atoms with Crippen LogP contribution in [0.4, 0.5) is 0 Å². The molecule has 0 aliphatic rings. The summed E-state index contributed by atoms with van der Waals surface area (Å²) in [4.78, 5) is 12.7. The highest BCUT2D eigenvalue weighted by Crippen LogP contribution is 2.29. The molecule has 26 heavy (non-hydrogen) atoms. The Morgan fingerprint density at radius 3 is 2.27 bits per heavy atom. The average molecular weight is 357 g/mol. The predicted octanol–water partition coefficient (Wildman–Crippen LogP) is 4.05. The molecule has 5 heteroatoms. The van der Waals surface area contributed by atoms with E-state index in [1.807, 2.05) is 63.2 Å². The molecule has 0 heterocycles. The van der Waals surface area contributed by atoms with Gasteiger partial charge in [0.1, 0.15) is 17.2 Å². The van der Waals surface area contributed by atoms with Crippen molar-refractivity contribution in [3.05, 3.63) is 53.6 Å². The Morgan fingerprint density at radius 2 is 1.69 bits per heavy atom. The van der Waals surface area contributed by atoms with Crippen molar-refractivity contribution in [2.24, 2.45) is 0 Å². The van der Waals surface area contributed by atoms with E-state index < -0.39 is 6.10 Å². The van der Waals surface area contributed by atoms with Crippen molar-refractivity contribution in [1.82, 2.24) is 5.32 Å². The molecular weight excluding hydrogens is 330 g/mol. The molecule has 0 aliphatic carbocycles. The summed E-state index contributed by atoms with van der Waals surface area (Å²) in [5.74, 6) is 1.94. The number of rotatable bonds is 8. The summed E-state index contributed by atoms with van der Waals surface area (Å²) in [6.45, 7) is 5.85. The largest absolute Gasteiger partial charge is 0.497 e. The molecule has 1 N–H and O–H groups in total. The first-order chi connectivity index (χ1) is 12.5. The number of nitrogens with one attached hydrogen (secondary N) is 1. The molecule has 0 fully saturated rings. The highest BCUT2D eigenvalue weighted by atomic mass is 16.5. The maximum absolute atomic E-state index is 12.7. The number of amides is 1. The van der Waals surface area contributed by atoms with Gasteiger partial charge in [0.25, 0.3) is 5.91 Å². The Bertz CT molecular complexity index is 727. The Kier molecular flexibility index (Phi) is 6.89. The van der Waals surface area contributed by atoms with Crippen LogP contribution in [-0.2, 0) is 4.79 Å². The number of carbonyl (C=O) groups excluding carboxylic acids is 1. The van der Waals surface area contributed by atoms with E-state index >= 15 is 0 Å². The second kappa shape index (κ2) is 9.13. The van der Waals surface area contributed by atoms with Gasteiger partial charge in [-0.15, -0.1) is 0 Å². The first-order valence-electron chi connectivity index (χ1n) is 8.74. The van der Waals surface area contributed by atoms with Gasteiger partial charge in [0.2, 0.25) is 0 Å². The molecule has 2 rings (SSSR count). The van der Waals surface area contributed by atoms with Crippen molar-refractivity contribution in [2.45, 2.75) is 39.3 Å². The minimum atomic E-state index is -0.559. The normalized spacial score (nSPS) is 12.8. The number of benzene rings is 2. The van der Waals surface area contributed by atoms with Gasteiger partial charge in [-0.05, 0) is 50.6 Å². The maximum Gasteiger partial charge on any atom is 0.261 e. The average Bonchev–Trinajstić information content (AvgIpc) is 2.66. The van der Waals surface area contributed by atoms with Crippen molar-refractivity contribution in [3.8, 4) is 17.2 Å². The van der Waals surface area contributed by atoms with Gasteiger partial charge in [0.05, 0.1) is 20.3 Å². The van der Waals surface area contributed by atoms with Crippen molar-refractivity contribution < 1.29 is 19.0 Å². The summed E-state index contributed by atoms with van der Waals surface area (Å²) < 4.78 is 16.5. The van der Waals surface area contributed by atoms with Crippen LogP contribution in [-0.4, -0.2) is 26.2 Å². The lowest BCUT2D eigenvalue weighted by molar-refractivity contribution is -0.128. The molecule has 0 saturated heterocycles. The summed E-state index contributed by atoms with van der Waals surface area (Å²) in [5.41, 5.74) is 2.00. The lowest BCUT2D eigenvalue weighted by atomic mass is 10.1. The van der Waals surface area contributed by atoms with E-state index in [1.165, 1.54) is 0 Å². The summed E-state index contributed by atoms with van der Waals surface area (Å²) in [5, 5.41) is 3.01. The van der Waals surface area contributed by atoms with Gasteiger partial charge in [-0.3, -0.25) is 4.79 Å². The smallest absolute Gasteiger partial charge is 0.261 e. The van der Waals surface area contributed by atoms with E-state index in [2.05, 4.69) is 5.32 Å². The van der Waals surface area contributed by atoms with Crippen LogP contribution in [0, 0.1) is 6.92 Å². The van der Waals surface area contributed by atoms with Gasteiger partial charge in [-0.2, -0.15) is 0 Å². The maximum atomic E-state index is 12.7. The summed E-state index contributed by atoms with van der Waals surface area (Å²) in [7, 11) is 3.21. The van der Waals surface area contributed by atoms with Crippen molar-refractivity contribution >= 4 is 5.91 Å². The van der Waals surface area contributed by atoms with Crippen LogP contribution in [0.2, 0.25) is 0 Å². The van der Waals surface area contributed by atoms with E-state index in [0.29, 0.717) is 23.7 Å². The topological polar surface area (TPSA) is 56.8 Å². The molecule has 1 amide bonds. The van der Waals surface area contributed by atoms with E-state index in [-0.39, 0.29) is 11.9 Å². The van der Waals surface area contributed by atoms with E-state index in [4.69, 9.17) is 14.2 Å². The molecule has 2 aromatic carbocycles. The molecule has 2 atom stereocenters. The highest BCUT2D eigenvalue weighted by Gasteiger charge is 2.22. The van der Waals surface area contributed by atoms with E-state index in [9.17, 15) is 4.79 Å². The van der Waals surface area contributed by atoms with Crippen molar-refractivity contribution in [1.29, 1.82) is 0 Å². The third-order valence-corrected chi connectivity index (χ3v) is 4.22. The second-order valence-electron chi connectivity index (χ2n) is 6.17. The lowest BCUT2D eigenvalue weighted by Gasteiger charge is -2.22. The van der Waals surface area contributed by atoms with Gasteiger partial charge < -0.3 is 19.5 Å². The zero-order valence-corrected chi connectivity index (χ0v) is 16.0. The number of carbonyl (C=O) groups is 1. The van der Waals surface area contributed by atoms with Crippen LogP contribution in [0.25, 0.3) is 0 Å². The van der Waals surface area contributed by atoms with Crippen LogP contribution >= 0.6 is 0 Å². The van der Waals surface area contributed by atoms with Crippen LogP contribution in [0.1, 0.15) is 37.4 Å². The Morgan fingerprint density at radius 1 is 1.04 bits per heavy atom. The number of hydrogen-bond donors (Lipinski definition) is 1. The van der Waals surface area contributed by atoms with E-state index in [1.54, 1.807) is 14.2 Å². The SMILES string of the molecule is CC[C@@H](Oc1ccc(C)cc1)C(=O)N[C@H](C)c1cc(OC)ccc1OC. The first kappa shape index (κ1) is 19.6. The molecule has 5 nitrogen and oxygen atoms in total. The molecule has 0 aromatic heterocycles. The first-order valence-corrected chi connectivity index (χ1v) is 8.74. The fourth-order valence-electron chi connectivity index (χ4n) is 2.67. The van der Waals surface area contributed by atoms with Crippen molar-refractivity contribution in [2.75, 3.05) is 14.2 Å². The van der Waals surface area contributed by atoms with Gasteiger partial charge in [-0.25, -0.2) is 0 Å². The van der Waals surface area contributed by atoms with Crippen LogP contribution in [0.5, 0.6) is 17.2 Å². The fourth-order valence-corrected chi connectivity index (χ4v) is 2.67. The summed E-state index contributed by atoms with van der Waals surface area (Å²) in [6, 6.07) is 12.9. The number of aryl methyl sites for hydroxylation is 1. The molecule has 0 radical (unpaired) electrons. The van der Waals surface area contributed by atoms with Gasteiger partial charge in [0.15, 0.2) is 6.10 Å². The zero-order chi connectivity index (χ0) is 19.1. The monoisotopic (exact) mass is 357 g/mol. The van der Waals surface area contributed by atoms with Crippen LogP contribution < -0.4 is 19.5 Å². The van der Waals surface area contributed by atoms with Crippen LogP contribution in [0.15, 0.2) is 42.5 Å². The summed E-state index contributed by atoms with van der Waals surface area (Å²) in [6.07, 6.45) is 0.0125. The fraction of sp³-hybridized carbons (Fsp3) is 0.381. The quantitative estimate of drug-likeness (QED) is 0.774. The molecule has 2 aromatic rings. The number of ether oxygens (including phenoxy) is 3. The summed E-state index contributed by atoms with van der Waals surface area (Å²) >= 11 is 0. The third-order valence-electron chi connectivity index (χ3n) is 4.22. The van der Waals surface area contributed by atoms with Crippen molar-refractivity contribution in [3.63, 3.8) is 0 Å². The molecule has 0 aliphatic heterocycles. The van der Waals surface area contributed by atoms with Crippen LogP contribution in [0.3, 0.4) is 0 Å². The zero-order valence-electron chi connectivity index (χ0n) is 16.0. The minimum Gasteiger partial charge on any atom is -0.497 e. The molecular formula is C21H27NO4. The highest BCUT2D eigenvalue weighted by molar-refractivity contribution is 5.81. The third kappa shape index (κ3) is 4.91. The predicted molar refractivity (Wildman–Crippen MR) is 102 cm³/mol. The number of methoxy groups -OCH3 is 2. The molecule has 0 unspecified atom stereocenters. The van der Waals surface area contributed by atoms with Gasteiger partial charge in [0, 0.05) is 5.56 Å². The Labute approximate surface area is 155 Å². The number of hydrogen-bond acceptors (Lipinski definition) is 4. The molecule has 0 bridgehead atoms. The molecule has 140 valence electrons. The Hall–Kier alpha value is -2.69. The molecule has 0 spiro atoms. The lowest BCUT2D eigenvalue weighted by Crippen LogP contribution is -2.39. The molecule has 0 saturated carbocycles. The minimum absolute atomic E-state index is 0.162. The Balaban J connectivity index is 2.10. The standard InChI is InChI=1S/C21H27NO4/c1-6-19(26-16-9-7-14(2)8-10-16)21(23)22-15(3)18-13-17(24-4)11-12-20(18)25-5/h7-13,15,19H,6H2,1-5H3,(H,22,23)/t15-,19-/m1/s1.